The fraction of sp³-hybridized carbons (Fsp3) is 0. The van der Waals surface area contributed by atoms with Crippen LogP contribution in [0.4, 0.5) is 22.0 Å². The summed E-state index contributed by atoms with van der Waals surface area (Å²) in [5.74, 6) is 0.425. The molecule has 0 aliphatic heterocycles. The van der Waals surface area contributed by atoms with E-state index in [-0.39, 0.29) is 6.03 Å². The Morgan fingerprint density at radius 1 is 0.879 bits per heavy atom. The van der Waals surface area contributed by atoms with Crippen molar-refractivity contribution in [1.29, 1.82) is 0 Å². The molecule has 5 rings (SSSR count). The molecule has 33 heavy (non-hydrogen) atoms. The molecule has 0 unspecified atom stereocenters. The first kappa shape index (κ1) is 20.5. The normalized spacial score (nSPS) is 10.8. The molecule has 0 saturated carbocycles. The average Bonchev–Trinajstić information content (AvgIpc) is 3.21. The van der Waals surface area contributed by atoms with E-state index in [0.29, 0.717) is 22.2 Å². The standard InChI is InChI=1S/C25H19ClN6O/c26-17-4-1-5-19(13-17)30-25(33)29-18-8-6-15(7-9-18)20-10-11-21(16-3-2-12-28-14-16)23-22(20)24(27)32-31-23/h1-14H,(H3,27,31,32)(H2,29,30,33). The van der Waals surface area contributed by atoms with Crippen LogP contribution in [-0.4, -0.2) is 21.2 Å². The highest BCUT2D eigenvalue weighted by atomic mass is 35.5. The van der Waals surface area contributed by atoms with Crippen molar-refractivity contribution in [3.05, 3.63) is 90.2 Å². The van der Waals surface area contributed by atoms with Crippen molar-refractivity contribution in [3.63, 3.8) is 0 Å². The SMILES string of the molecule is Nc1n[nH]c2c(-c3cccnc3)ccc(-c3ccc(NC(=O)Nc4cccc(Cl)c4)cc3)c12. The van der Waals surface area contributed by atoms with E-state index in [0.717, 1.165) is 33.2 Å². The zero-order chi connectivity index (χ0) is 22.8. The molecule has 7 nitrogen and oxygen atoms in total. The first-order valence-electron chi connectivity index (χ1n) is 10.2. The maximum absolute atomic E-state index is 12.3. The predicted molar refractivity (Wildman–Crippen MR) is 133 cm³/mol. The molecule has 0 fully saturated rings. The number of amides is 2. The number of rotatable bonds is 4. The summed E-state index contributed by atoms with van der Waals surface area (Å²) in [5.41, 5.74) is 12.2. The van der Waals surface area contributed by atoms with Gasteiger partial charge >= 0.3 is 6.03 Å². The lowest BCUT2D eigenvalue weighted by Gasteiger charge is -2.11. The summed E-state index contributed by atoms with van der Waals surface area (Å²) in [5, 5.41) is 14.3. The number of nitrogen functional groups attached to an aromatic ring is 1. The third kappa shape index (κ3) is 4.22. The summed E-state index contributed by atoms with van der Waals surface area (Å²) in [6, 6.07) is 22.1. The zero-order valence-corrected chi connectivity index (χ0v) is 18.1. The fourth-order valence-corrected chi connectivity index (χ4v) is 3.94. The molecule has 0 saturated heterocycles. The van der Waals surface area contributed by atoms with E-state index in [2.05, 4.69) is 25.8 Å². The zero-order valence-electron chi connectivity index (χ0n) is 17.3. The van der Waals surface area contributed by atoms with Gasteiger partial charge in [-0.15, -0.1) is 0 Å². The third-order valence-corrected chi connectivity index (χ3v) is 5.49. The topological polar surface area (TPSA) is 109 Å². The number of nitrogens with two attached hydrogens (primary N) is 1. The van der Waals surface area contributed by atoms with Gasteiger partial charge in [-0.05, 0) is 47.5 Å². The van der Waals surface area contributed by atoms with Gasteiger partial charge in [-0.1, -0.05) is 48.0 Å². The first-order chi connectivity index (χ1) is 16.1. The second kappa shape index (κ2) is 8.64. The van der Waals surface area contributed by atoms with Gasteiger partial charge in [0.25, 0.3) is 0 Å². The number of urea groups is 1. The Bertz CT molecular complexity index is 1450. The number of hydrogen-bond acceptors (Lipinski definition) is 4. The highest BCUT2D eigenvalue weighted by Crippen LogP contribution is 2.37. The predicted octanol–water partition coefficient (Wildman–Crippen LogP) is 6.17. The lowest BCUT2D eigenvalue weighted by atomic mass is 9.96. The minimum atomic E-state index is -0.354. The molecular formula is C25H19ClN6O. The Kier molecular flexibility index (Phi) is 5.38. The molecule has 0 aliphatic rings. The number of benzene rings is 3. The monoisotopic (exact) mass is 454 g/mol. The van der Waals surface area contributed by atoms with Gasteiger partial charge in [0.2, 0.25) is 0 Å². The Morgan fingerprint density at radius 3 is 2.42 bits per heavy atom. The lowest BCUT2D eigenvalue weighted by molar-refractivity contribution is 0.262. The molecule has 2 heterocycles. The molecule has 3 aromatic carbocycles. The molecule has 162 valence electrons. The van der Waals surface area contributed by atoms with Gasteiger partial charge in [-0.3, -0.25) is 10.1 Å². The maximum Gasteiger partial charge on any atom is 0.323 e. The molecule has 2 aromatic heterocycles. The van der Waals surface area contributed by atoms with Crippen LogP contribution in [0.1, 0.15) is 0 Å². The van der Waals surface area contributed by atoms with Crippen molar-refractivity contribution in [3.8, 4) is 22.3 Å². The summed E-state index contributed by atoms with van der Waals surface area (Å²) < 4.78 is 0. The molecule has 5 aromatic rings. The van der Waals surface area contributed by atoms with Crippen LogP contribution in [0.15, 0.2) is 85.2 Å². The van der Waals surface area contributed by atoms with Crippen molar-refractivity contribution >= 4 is 45.7 Å². The molecule has 0 aliphatic carbocycles. The number of pyridine rings is 1. The molecule has 0 spiro atoms. The number of H-pyrrole nitrogens is 1. The molecule has 0 radical (unpaired) electrons. The number of aromatic nitrogens is 3. The summed E-state index contributed by atoms with van der Waals surface area (Å²) >= 11 is 5.96. The molecule has 8 heteroatoms. The Labute approximate surface area is 194 Å². The van der Waals surface area contributed by atoms with Crippen LogP contribution >= 0.6 is 11.6 Å². The van der Waals surface area contributed by atoms with Crippen molar-refractivity contribution < 1.29 is 4.79 Å². The third-order valence-electron chi connectivity index (χ3n) is 5.26. The van der Waals surface area contributed by atoms with Crippen LogP contribution in [-0.2, 0) is 0 Å². The number of aromatic amines is 1. The van der Waals surface area contributed by atoms with E-state index in [1.807, 2.05) is 48.5 Å². The van der Waals surface area contributed by atoms with Gasteiger partial charge in [0.15, 0.2) is 5.82 Å². The number of carbonyl (C=O) groups excluding carboxylic acids is 1. The van der Waals surface area contributed by atoms with Crippen LogP contribution in [0.5, 0.6) is 0 Å². The Balaban J connectivity index is 1.41. The van der Waals surface area contributed by atoms with Gasteiger partial charge in [-0.2, -0.15) is 5.10 Å². The number of fused-ring (bicyclic) bond motifs is 1. The van der Waals surface area contributed by atoms with E-state index in [4.69, 9.17) is 17.3 Å². The van der Waals surface area contributed by atoms with E-state index in [1.54, 1.807) is 36.7 Å². The quantitative estimate of drug-likeness (QED) is 0.260. The van der Waals surface area contributed by atoms with E-state index >= 15 is 0 Å². The highest BCUT2D eigenvalue weighted by Gasteiger charge is 2.15. The van der Waals surface area contributed by atoms with E-state index in [9.17, 15) is 4.79 Å². The van der Waals surface area contributed by atoms with E-state index < -0.39 is 0 Å². The molecule has 2 amide bonds. The fourth-order valence-electron chi connectivity index (χ4n) is 3.75. The molecule has 5 N–H and O–H groups in total. The van der Waals surface area contributed by atoms with Crippen molar-refractivity contribution in [2.45, 2.75) is 0 Å². The number of carbonyl (C=O) groups is 1. The van der Waals surface area contributed by atoms with Crippen LogP contribution in [0.25, 0.3) is 33.2 Å². The number of nitrogens with zero attached hydrogens (tertiary/aromatic N) is 2. The highest BCUT2D eigenvalue weighted by molar-refractivity contribution is 6.30. The van der Waals surface area contributed by atoms with Crippen molar-refractivity contribution in [2.75, 3.05) is 16.4 Å². The van der Waals surface area contributed by atoms with Gasteiger partial charge in [0.1, 0.15) is 0 Å². The number of halogens is 1. The van der Waals surface area contributed by atoms with Gasteiger partial charge < -0.3 is 16.4 Å². The summed E-state index contributed by atoms with van der Waals surface area (Å²) in [7, 11) is 0. The van der Waals surface area contributed by atoms with Gasteiger partial charge in [0.05, 0.1) is 10.9 Å². The average molecular weight is 455 g/mol. The lowest BCUT2D eigenvalue weighted by Crippen LogP contribution is -2.19. The second-order valence-corrected chi connectivity index (χ2v) is 7.86. The molecule has 0 bridgehead atoms. The largest absolute Gasteiger partial charge is 0.382 e. The Hall–Kier alpha value is -4.36. The van der Waals surface area contributed by atoms with Crippen molar-refractivity contribution in [1.82, 2.24) is 15.2 Å². The van der Waals surface area contributed by atoms with Crippen LogP contribution in [0.2, 0.25) is 5.02 Å². The Morgan fingerprint density at radius 2 is 1.67 bits per heavy atom. The summed E-state index contributed by atoms with van der Waals surface area (Å²) in [6.07, 6.45) is 3.54. The maximum atomic E-state index is 12.3. The van der Waals surface area contributed by atoms with Gasteiger partial charge in [-0.25, -0.2) is 4.79 Å². The van der Waals surface area contributed by atoms with Crippen LogP contribution < -0.4 is 16.4 Å². The van der Waals surface area contributed by atoms with Crippen LogP contribution in [0.3, 0.4) is 0 Å². The minimum absolute atomic E-state index is 0.354. The van der Waals surface area contributed by atoms with Crippen molar-refractivity contribution in [2.24, 2.45) is 0 Å². The number of hydrogen-bond donors (Lipinski definition) is 4. The van der Waals surface area contributed by atoms with E-state index in [1.165, 1.54) is 0 Å². The second-order valence-electron chi connectivity index (χ2n) is 7.43. The number of anilines is 3. The summed E-state index contributed by atoms with van der Waals surface area (Å²) in [4.78, 5) is 16.5. The number of nitrogens with one attached hydrogen (secondary N) is 3. The molecular weight excluding hydrogens is 436 g/mol. The smallest absolute Gasteiger partial charge is 0.323 e. The minimum Gasteiger partial charge on any atom is -0.382 e. The molecule has 0 atom stereocenters. The summed E-state index contributed by atoms with van der Waals surface area (Å²) in [6.45, 7) is 0. The van der Waals surface area contributed by atoms with Gasteiger partial charge in [0, 0.05) is 39.9 Å². The van der Waals surface area contributed by atoms with Crippen LogP contribution in [0, 0.1) is 0 Å². The first-order valence-corrected chi connectivity index (χ1v) is 10.6.